The van der Waals surface area contributed by atoms with Crippen LogP contribution in [0.4, 0.5) is 0 Å². The Bertz CT molecular complexity index is 1390. The fraction of sp³-hybridized carbons (Fsp3) is 0.179. The molecule has 0 saturated heterocycles. The molecule has 2 aromatic heterocycles. The molecule has 5 aromatic rings. The van der Waals surface area contributed by atoms with Crippen LogP contribution in [0.3, 0.4) is 0 Å². The molecule has 5 rings (SSSR count). The van der Waals surface area contributed by atoms with Gasteiger partial charge in [-0.05, 0) is 49.3 Å². The van der Waals surface area contributed by atoms with Gasteiger partial charge in [0.15, 0.2) is 5.82 Å². The van der Waals surface area contributed by atoms with Crippen molar-refractivity contribution < 1.29 is 5.11 Å². The minimum atomic E-state index is -1.17. The van der Waals surface area contributed by atoms with Gasteiger partial charge in [-0.25, -0.2) is 14.6 Å². The zero-order chi connectivity index (χ0) is 23.5. The van der Waals surface area contributed by atoms with Crippen molar-refractivity contribution in [3.8, 4) is 16.9 Å². The van der Waals surface area contributed by atoms with E-state index in [4.69, 9.17) is 4.98 Å². The van der Waals surface area contributed by atoms with Crippen LogP contribution in [0.5, 0.6) is 0 Å². The summed E-state index contributed by atoms with van der Waals surface area (Å²) in [4.78, 5) is 11.2. The lowest BCUT2D eigenvalue weighted by atomic mass is 9.81. The molecule has 1 N–H and O–H groups in total. The Morgan fingerprint density at radius 1 is 0.912 bits per heavy atom. The molecule has 1 atom stereocenters. The van der Waals surface area contributed by atoms with Crippen molar-refractivity contribution in [2.24, 2.45) is 0 Å². The molecule has 1 unspecified atom stereocenters. The Labute approximate surface area is 199 Å². The first kappa shape index (κ1) is 21.9. The van der Waals surface area contributed by atoms with E-state index in [0.29, 0.717) is 12.2 Å². The summed E-state index contributed by atoms with van der Waals surface area (Å²) in [5, 5.41) is 17.5. The topological polar surface area (TPSA) is 67.1 Å². The molecule has 6 nitrogen and oxygen atoms in total. The van der Waals surface area contributed by atoms with Gasteiger partial charge in [-0.2, -0.15) is 5.10 Å². The van der Waals surface area contributed by atoms with Gasteiger partial charge in [0.25, 0.3) is 0 Å². The number of hydrogen-bond donors (Lipinski definition) is 1. The molecule has 0 saturated carbocycles. The monoisotopic (exact) mass is 449 g/mol. The summed E-state index contributed by atoms with van der Waals surface area (Å²) >= 11 is 0. The fourth-order valence-corrected chi connectivity index (χ4v) is 4.40. The minimum absolute atomic E-state index is 0.550. The lowest BCUT2D eigenvalue weighted by molar-refractivity contribution is 0.0643. The first-order valence-corrected chi connectivity index (χ1v) is 11.3. The van der Waals surface area contributed by atoms with Crippen LogP contribution < -0.4 is 0 Å². The van der Waals surface area contributed by atoms with E-state index >= 15 is 0 Å². The number of nitrogens with zero attached hydrogens (tertiary/aromatic N) is 5. The van der Waals surface area contributed by atoms with E-state index in [1.165, 1.54) is 6.33 Å². The van der Waals surface area contributed by atoms with Crippen LogP contribution in [0.2, 0.25) is 0 Å². The predicted molar refractivity (Wildman–Crippen MR) is 135 cm³/mol. The average Bonchev–Trinajstić information content (AvgIpc) is 3.42. The first-order valence-electron chi connectivity index (χ1n) is 11.3. The van der Waals surface area contributed by atoms with Crippen molar-refractivity contribution in [3.05, 3.63) is 109 Å². The summed E-state index contributed by atoms with van der Waals surface area (Å²) in [6.07, 6.45) is 3.71. The van der Waals surface area contributed by atoms with Crippen molar-refractivity contribution in [3.63, 3.8) is 0 Å². The lowest BCUT2D eigenvalue weighted by Crippen LogP contribution is -2.32. The third-order valence-corrected chi connectivity index (χ3v) is 6.18. The third-order valence-electron chi connectivity index (χ3n) is 6.18. The second-order valence-corrected chi connectivity index (χ2v) is 8.72. The second kappa shape index (κ2) is 9.17. The Balaban J connectivity index is 1.78. The van der Waals surface area contributed by atoms with Gasteiger partial charge in [0.2, 0.25) is 0 Å². The molecule has 3 aromatic carbocycles. The van der Waals surface area contributed by atoms with E-state index in [1.807, 2.05) is 80.8 Å². The lowest BCUT2D eigenvalue weighted by Gasteiger charge is -2.32. The highest BCUT2D eigenvalue weighted by Gasteiger charge is 2.33. The first-order chi connectivity index (χ1) is 16.6. The zero-order valence-corrected chi connectivity index (χ0v) is 19.3. The van der Waals surface area contributed by atoms with E-state index in [1.54, 1.807) is 11.0 Å². The van der Waals surface area contributed by atoms with E-state index in [2.05, 4.69) is 33.2 Å². The van der Waals surface area contributed by atoms with Gasteiger partial charge in [0, 0.05) is 17.5 Å². The Hall–Kier alpha value is -3.87. The predicted octanol–water partition coefficient (Wildman–Crippen LogP) is 4.67. The highest BCUT2D eigenvalue weighted by atomic mass is 16.3. The maximum atomic E-state index is 12.2. The van der Waals surface area contributed by atoms with Crippen molar-refractivity contribution in [2.75, 3.05) is 20.6 Å². The normalized spacial score (nSPS) is 13.3. The number of aliphatic hydroxyl groups is 1. The second-order valence-electron chi connectivity index (χ2n) is 8.72. The maximum Gasteiger partial charge on any atom is 0.163 e. The van der Waals surface area contributed by atoms with Crippen LogP contribution in [0.1, 0.15) is 17.5 Å². The van der Waals surface area contributed by atoms with Gasteiger partial charge in [0.05, 0.1) is 5.52 Å². The fourth-order valence-electron chi connectivity index (χ4n) is 4.40. The van der Waals surface area contributed by atoms with Crippen molar-refractivity contribution in [2.45, 2.75) is 12.0 Å². The zero-order valence-electron chi connectivity index (χ0n) is 19.3. The third kappa shape index (κ3) is 4.09. The molecule has 0 aliphatic heterocycles. The standard InChI is InChI=1S/C28H27N5O/c1-32(2)17-16-28(34,22-12-7-4-8-13-22)25-14-9-15-26-24(25)18-23(21-10-5-3-6-11-21)27(31-26)33-20-29-19-30-33/h3-15,18-20,34H,16-17H2,1-2H3. The molecule has 0 amide bonds. The molecule has 0 aliphatic rings. The largest absolute Gasteiger partial charge is 0.380 e. The summed E-state index contributed by atoms with van der Waals surface area (Å²) in [5.74, 6) is 0.699. The molecule has 0 spiro atoms. The van der Waals surface area contributed by atoms with Gasteiger partial charge >= 0.3 is 0 Å². The minimum Gasteiger partial charge on any atom is -0.380 e. The summed E-state index contributed by atoms with van der Waals surface area (Å²) in [5.41, 5.74) is 3.28. The highest BCUT2D eigenvalue weighted by molar-refractivity contribution is 5.90. The van der Waals surface area contributed by atoms with E-state index < -0.39 is 5.60 Å². The van der Waals surface area contributed by atoms with E-state index in [-0.39, 0.29) is 0 Å². The summed E-state index contributed by atoms with van der Waals surface area (Å²) in [6.45, 7) is 0.734. The van der Waals surface area contributed by atoms with Crippen LogP contribution in [0, 0.1) is 0 Å². The maximum absolute atomic E-state index is 12.2. The van der Waals surface area contributed by atoms with Crippen LogP contribution in [-0.4, -0.2) is 50.4 Å². The Kier molecular flexibility index (Phi) is 5.92. The SMILES string of the molecule is CN(C)CCC(O)(c1ccccc1)c1cccc2nc(-n3cncn3)c(-c3ccccc3)cc12. The van der Waals surface area contributed by atoms with Crippen LogP contribution in [0.25, 0.3) is 27.8 Å². The molecule has 2 heterocycles. The summed E-state index contributed by atoms with van der Waals surface area (Å²) in [6, 6.07) is 28.1. The smallest absolute Gasteiger partial charge is 0.163 e. The molecule has 0 fully saturated rings. The van der Waals surface area contributed by atoms with Gasteiger partial charge < -0.3 is 10.0 Å². The number of benzene rings is 3. The van der Waals surface area contributed by atoms with Gasteiger partial charge in [-0.3, -0.25) is 0 Å². The van der Waals surface area contributed by atoms with Crippen molar-refractivity contribution in [1.29, 1.82) is 0 Å². The molecular formula is C28H27N5O. The number of hydrogen-bond acceptors (Lipinski definition) is 5. The van der Waals surface area contributed by atoms with E-state index in [9.17, 15) is 5.11 Å². The molecule has 34 heavy (non-hydrogen) atoms. The van der Waals surface area contributed by atoms with Crippen molar-refractivity contribution >= 4 is 10.9 Å². The van der Waals surface area contributed by atoms with Crippen LogP contribution in [0.15, 0.2) is 97.6 Å². The quantitative estimate of drug-likeness (QED) is 0.391. The number of pyridine rings is 1. The Morgan fingerprint density at radius 3 is 2.32 bits per heavy atom. The molecule has 0 radical (unpaired) electrons. The molecule has 0 aliphatic carbocycles. The molecule has 0 bridgehead atoms. The van der Waals surface area contributed by atoms with Gasteiger partial charge in [-0.1, -0.05) is 72.8 Å². The van der Waals surface area contributed by atoms with Crippen LogP contribution in [-0.2, 0) is 5.60 Å². The number of fused-ring (bicyclic) bond motifs is 1. The Morgan fingerprint density at radius 2 is 1.65 bits per heavy atom. The highest BCUT2D eigenvalue weighted by Crippen LogP contribution is 2.39. The van der Waals surface area contributed by atoms with Crippen LogP contribution >= 0.6 is 0 Å². The number of aromatic nitrogens is 4. The average molecular weight is 450 g/mol. The number of rotatable bonds is 7. The van der Waals surface area contributed by atoms with Crippen molar-refractivity contribution in [1.82, 2.24) is 24.6 Å². The summed E-state index contributed by atoms with van der Waals surface area (Å²) in [7, 11) is 4.04. The molecule has 170 valence electrons. The molecular weight excluding hydrogens is 422 g/mol. The summed E-state index contributed by atoms with van der Waals surface area (Å²) < 4.78 is 1.68. The van der Waals surface area contributed by atoms with Gasteiger partial charge in [0.1, 0.15) is 18.3 Å². The van der Waals surface area contributed by atoms with Gasteiger partial charge in [-0.15, -0.1) is 0 Å². The van der Waals surface area contributed by atoms with E-state index in [0.717, 1.165) is 39.7 Å². The molecule has 6 heteroatoms.